The number of ether oxygens (including phenoxy) is 1. The van der Waals surface area contributed by atoms with E-state index < -0.39 is 0 Å². The Morgan fingerprint density at radius 1 is 1.17 bits per heavy atom. The average molecular weight is 282 g/mol. The van der Waals surface area contributed by atoms with Gasteiger partial charge < -0.3 is 4.74 Å². The number of pyridine rings is 1. The first-order valence-electron chi connectivity index (χ1n) is 5.66. The molecular weight excluding hydrogens is 269 g/mol. The van der Waals surface area contributed by atoms with Crippen LogP contribution in [0.2, 0.25) is 5.02 Å². The highest BCUT2D eigenvalue weighted by Crippen LogP contribution is 2.26. The van der Waals surface area contributed by atoms with E-state index in [1.165, 1.54) is 0 Å². The predicted octanol–water partition coefficient (Wildman–Crippen LogP) is 4.10. The number of alkyl halides is 1. The molecule has 0 amide bonds. The highest BCUT2D eigenvalue weighted by Gasteiger charge is 2.03. The molecule has 0 saturated carbocycles. The van der Waals surface area contributed by atoms with E-state index in [4.69, 9.17) is 27.9 Å². The first-order chi connectivity index (χ1) is 8.79. The van der Waals surface area contributed by atoms with Crippen molar-refractivity contribution in [3.05, 3.63) is 58.9 Å². The SMILES string of the molecule is ClCc1ccc(OCCc2ccccn2)c(Cl)c1. The van der Waals surface area contributed by atoms with E-state index in [1.54, 1.807) is 6.20 Å². The van der Waals surface area contributed by atoms with Crippen molar-refractivity contribution >= 4 is 23.2 Å². The van der Waals surface area contributed by atoms with Crippen LogP contribution in [0.25, 0.3) is 0 Å². The largest absolute Gasteiger partial charge is 0.492 e. The highest BCUT2D eigenvalue weighted by atomic mass is 35.5. The quantitative estimate of drug-likeness (QED) is 0.770. The van der Waals surface area contributed by atoms with Crippen LogP contribution >= 0.6 is 23.2 Å². The Kier molecular flexibility index (Phi) is 4.85. The molecule has 0 bridgehead atoms. The lowest BCUT2D eigenvalue weighted by Crippen LogP contribution is -2.03. The number of nitrogens with zero attached hydrogens (tertiary/aromatic N) is 1. The van der Waals surface area contributed by atoms with Crippen molar-refractivity contribution in [2.45, 2.75) is 12.3 Å². The van der Waals surface area contributed by atoms with E-state index in [9.17, 15) is 0 Å². The molecule has 0 spiro atoms. The highest BCUT2D eigenvalue weighted by molar-refractivity contribution is 6.32. The summed E-state index contributed by atoms with van der Waals surface area (Å²) >= 11 is 11.8. The van der Waals surface area contributed by atoms with Gasteiger partial charge in [0.05, 0.1) is 11.6 Å². The smallest absolute Gasteiger partial charge is 0.137 e. The van der Waals surface area contributed by atoms with Gasteiger partial charge >= 0.3 is 0 Å². The van der Waals surface area contributed by atoms with Gasteiger partial charge in [-0.15, -0.1) is 11.6 Å². The number of rotatable bonds is 5. The minimum absolute atomic E-state index is 0.452. The number of hydrogen-bond acceptors (Lipinski definition) is 2. The van der Waals surface area contributed by atoms with Crippen LogP contribution in [-0.2, 0) is 12.3 Å². The Hall–Kier alpha value is -1.25. The van der Waals surface area contributed by atoms with Crippen molar-refractivity contribution in [3.8, 4) is 5.75 Å². The van der Waals surface area contributed by atoms with E-state index in [2.05, 4.69) is 4.98 Å². The van der Waals surface area contributed by atoms with E-state index in [0.29, 0.717) is 23.3 Å². The summed E-state index contributed by atoms with van der Waals surface area (Å²) in [7, 11) is 0. The molecule has 0 radical (unpaired) electrons. The van der Waals surface area contributed by atoms with Crippen molar-refractivity contribution in [2.24, 2.45) is 0 Å². The van der Waals surface area contributed by atoms with Crippen LogP contribution in [0, 0.1) is 0 Å². The maximum Gasteiger partial charge on any atom is 0.137 e. The second-order valence-corrected chi connectivity index (χ2v) is 4.49. The van der Waals surface area contributed by atoms with Gasteiger partial charge in [0.25, 0.3) is 0 Å². The predicted molar refractivity (Wildman–Crippen MR) is 74.4 cm³/mol. The van der Waals surface area contributed by atoms with Crippen molar-refractivity contribution in [1.29, 1.82) is 0 Å². The zero-order chi connectivity index (χ0) is 12.8. The molecule has 2 aromatic rings. The fourth-order valence-corrected chi connectivity index (χ4v) is 1.98. The van der Waals surface area contributed by atoms with Crippen LogP contribution in [0.3, 0.4) is 0 Å². The van der Waals surface area contributed by atoms with Gasteiger partial charge in [0, 0.05) is 24.2 Å². The summed E-state index contributed by atoms with van der Waals surface area (Å²) in [6, 6.07) is 11.4. The Balaban J connectivity index is 1.91. The van der Waals surface area contributed by atoms with Gasteiger partial charge in [-0.05, 0) is 29.8 Å². The zero-order valence-electron chi connectivity index (χ0n) is 9.77. The molecule has 0 N–H and O–H groups in total. The van der Waals surface area contributed by atoms with Gasteiger partial charge in [0.15, 0.2) is 0 Å². The summed E-state index contributed by atoms with van der Waals surface area (Å²) in [5, 5.41) is 0.592. The third-order valence-electron chi connectivity index (χ3n) is 2.49. The monoisotopic (exact) mass is 281 g/mol. The molecule has 4 heteroatoms. The minimum Gasteiger partial charge on any atom is -0.492 e. The molecule has 1 heterocycles. The van der Waals surface area contributed by atoms with E-state index in [1.807, 2.05) is 36.4 Å². The molecule has 0 saturated heterocycles. The van der Waals surface area contributed by atoms with E-state index >= 15 is 0 Å². The summed E-state index contributed by atoms with van der Waals surface area (Å²) in [5.74, 6) is 1.13. The van der Waals surface area contributed by atoms with Gasteiger partial charge in [0.2, 0.25) is 0 Å². The lowest BCUT2D eigenvalue weighted by atomic mass is 10.2. The molecule has 0 aliphatic rings. The zero-order valence-corrected chi connectivity index (χ0v) is 11.3. The Bertz CT molecular complexity index is 502. The van der Waals surface area contributed by atoms with Gasteiger partial charge in [-0.25, -0.2) is 0 Å². The van der Waals surface area contributed by atoms with Crippen molar-refractivity contribution < 1.29 is 4.74 Å². The summed E-state index contributed by atoms with van der Waals surface area (Å²) < 4.78 is 5.63. The third kappa shape index (κ3) is 3.62. The third-order valence-corrected chi connectivity index (χ3v) is 3.10. The summed E-state index contributed by atoms with van der Waals surface area (Å²) in [6.07, 6.45) is 2.53. The molecule has 1 aromatic carbocycles. The van der Waals surface area contributed by atoms with Crippen LogP contribution in [0.5, 0.6) is 5.75 Å². The number of halogens is 2. The summed E-state index contributed by atoms with van der Waals surface area (Å²) in [6.45, 7) is 0.553. The molecule has 0 unspecified atom stereocenters. The van der Waals surface area contributed by atoms with Crippen LogP contribution in [-0.4, -0.2) is 11.6 Å². The fourth-order valence-electron chi connectivity index (χ4n) is 1.56. The van der Waals surface area contributed by atoms with Crippen LogP contribution in [0.1, 0.15) is 11.3 Å². The molecule has 2 rings (SSSR count). The molecule has 0 aliphatic carbocycles. The molecule has 0 fully saturated rings. The number of aromatic nitrogens is 1. The van der Waals surface area contributed by atoms with Gasteiger partial charge in [0.1, 0.15) is 5.75 Å². The Labute approximate surface area is 117 Å². The first kappa shape index (κ1) is 13.2. The second-order valence-electron chi connectivity index (χ2n) is 3.82. The summed E-state index contributed by atoms with van der Waals surface area (Å²) in [5.41, 5.74) is 1.99. The lowest BCUT2D eigenvalue weighted by Gasteiger charge is -2.08. The normalized spacial score (nSPS) is 10.3. The fraction of sp³-hybridized carbons (Fsp3) is 0.214. The van der Waals surface area contributed by atoms with Crippen molar-refractivity contribution in [3.63, 3.8) is 0 Å². The van der Waals surface area contributed by atoms with Crippen LogP contribution < -0.4 is 4.74 Å². The van der Waals surface area contributed by atoms with Crippen LogP contribution in [0.4, 0.5) is 0 Å². The number of hydrogen-bond donors (Lipinski definition) is 0. The first-order valence-corrected chi connectivity index (χ1v) is 6.58. The molecule has 1 aromatic heterocycles. The standard InChI is InChI=1S/C14H13Cl2NO/c15-10-11-4-5-14(13(16)9-11)18-8-6-12-3-1-2-7-17-12/h1-5,7,9H,6,8,10H2. The van der Waals surface area contributed by atoms with Crippen LogP contribution in [0.15, 0.2) is 42.6 Å². The van der Waals surface area contributed by atoms with E-state index in [-0.39, 0.29) is 0 Å². The van der Waals surface area contributed by atoms with Gasteiger partial charge in [-0.1, -0.05) is 23.7 Å². The molecular formula is C14H13Cl2NO. The maximum atomic E-state index is 6.09. The molecule has 18 heavy (non-hydrogen) atoms. The molecule has 2 nitrogen and oxygen atoms in total. The van der Waals surface area contributed by atoms with Crippen molar-refractivity contribution in [2.75, 3.05) is 6.61 Å². The average Bonchev–Trinajstić information content (AvgIpc) is 2.42. The second kappa shape index (κ2) is 6.62. The lowest BCUT2D eigenvalue weighted by molar-refractivity contribution is 0.320. The van der Waals surface area contributed by atoms with Gasteiger partial charge in [-0.2, -0.15) is 0 Å². The molecule has 94 valence electrons. The minimum atomic E-state index is 0.452. The van der Waals surface area contributed by atoms with Crippen molar-refractivity contribution in [1.82, 2.24) is 4.98 Å². The Morgan fingerprint density at radius 3 is 2.72 bits per heavy atom. The topological polar surface area (TPSA) is 22.1 Å². The Morgan fingerprint density at radius 2 is 2.06 bits per heavy atom. The van der Waals surface area contributed by atoms with Gasteiger partial charge in [-0.3, -0.25) is 4.98 Å². The summed E-state index contributed by atoms with van der Waals surface area (Å²) in [4.78, 5) is 4.23. The van der Waals surface area contributed by atoms with E-state index in [0.717, 1.165) is 17.7 Å². The molecule has 0 atom stereocenters. The molecule has 0 aliphatic heterocycles. The number of benzene rings is 1. The maximum absolute atomic E-state index is 6.09.